The maximum Gasteiger partial charge on any atom is 0.459 e. The molecule has 41 heavy (non-hydrogen) atoms. The average molecular weight is 599 g/mol. The summed E-state index contributed by atoms with van der Waals surface area (Å²) in [6.07, 6.45) is -3.43. The predicted molar refractivity (Wildman–Crippen MR) is 144 cm³/mol. The summed E-state index contributed by atoms with van der Waals surface area (Å²) in [4.78, 5) is 25.1. The number of para-hydroxylation sites is 1. The van der Waals surface area contributed by atoms with Gasteiger partial charge in [-0.2, -0.15) is 5.09 Å². The van der Waals surface area contributed by atoms with Gasteiger partial charge in [-0.1, -0.05) is 18.2 Å². The Hall–Kier alpha value is -3.23. The molecule has 0 bridgehead atoms. The van der Waals surface area contributed by atoms with Crippen molar-refractivity contribution in [1.82, 2.24) is 24.6 Å². The van der Waals surface area contributed by atoms with E-state index in [1.54, 1.807) is 46.0 Å². The van der Waals surface area contributed by atoms with Gasteiger partial charge in [0, 0.05) is 7.05 Å². The largest absolute Gasteiger partial charge is 0.462 e. The van der Waals surface area contributed by atoms with Crippen molar-refractivity contribution in [2.75, 3.05) is 19.0 Å². The van der Waals surface area contributed by atoms with Crippen LogP contribution in [0.25, 0.3) is 11.2 Å². The molecule has 3 aromatic rings. The van der Waals surface area contributed by atoms with Crippen molar-refractivity contribution < 1.29 is 41.8 Å². The standard InChI is InChI=1S/C25H33F2N6O7P/c1-14(2)38-21(34)15(3)32-41(36,40-17-10-8-7-9-11-17)37-12-25(27)22(35)24(5,26)23(39-25)33-13-29-18-19(28-6)30-16(4)31-20(18)33/h7-11,13-15,22-23,35H,12H2,1-6H3,(H,32,36)(H,28,30,31)/t15-,22-,23+,24+,25+,41-/m0/s1. The van der Waals surface area contributed by atoms with Gasteiger partial charge in [-0.3, -0.25) is 13.9 Å². The van der Waals surface area contributed by atoms with Gasteiger partial charge < -0.3 is 24.4 Å². The molecule has 1 aliphatic heterocycles. The van der Waals surface area contributed by atoms with E-state index in [4.69, 9.17) is 18.5 Å². The van der Waals surface area contributed by atoms with E-state index in [1.807, 2.05) is 0 Å². The van der Waals surface area contributed by atoms with Crippen molar-refractivity contribution in [3.63, 3.8) is 0 Å². The number of benzene rings is 1. The molecule has 0 spiro atoms. The second-order valence-corrected chi connectivity index (χ2v) is 11.7. The Labute approximate surface area is 235 Å². The van der Waals surface area contributed by atoms with E-state index in [-0.39, 0.29) is 16.9 Å². The van der Waals surface area contributed by atoms with Crippen LogP contribution in [0.4, 0.5) is 14.6 Å². The number of fused-ring (bicyclic) bond motifs is 1. The third kappa shape index (κ3) is 6.33. The normalized spacial score (nSPS) is 26.6. The molecule has 1 aliphatic rings. The van der Waals surface area contributed by atoms with E-state index in [0.717, 1.165) is 11.5 Å². The van der Waals surface area contributed by atoms with Gasteiger partial charge in [-0.05, 0) is 46.8 Å². The van der Waals surface area contributed by atoms with Crippen molar-refractivity contribution >= 4 is 30.7 Å². The summed E-state index contributed by atoms with van der Waals surface area (Å²) in [6, 6.07) is 6.58. The number of nitrogens with one attached hydrogen (secondary N) is 2. The number of alkyl halides is 2. The number of aryl methyl sites for hydroxylation is 1. The third-order valence-electron chi connectivity index (χ3n) is 6.21. The van der Waals surface area contributed by atoms with Crippen LogP contribution in [0.15, 0.2) is 36.7 Å². The predicted octanol–water partition coefficient (Wildman–Crippen LogP) is 3.59. The van der Waals surface area contributed by atoms with E-state index in [1.165, 1.54) is 25.4 Å². The number of carbonyl (C=O) groups excluding carboxylic acids is 1. The molecule has 16 heteroatoms. The van der Waals surface area contributed by atoms with E-state index < -0.39 is 56.3 Å². The maximum atomic E-state index is 16.2. The fourth-order valence-electron chi connectivity index (χ4n) is 4.24. The SMILES string of the molecule is CNc1nc(C)nc2c1ncn2[C@@H]1O[C@](F)(CO[P@@](=O)(N[C@@H](C)C(=O)OC(C)C)Oc2ccccc2)[C@@H](O)[C@@]1(C)F. The first-order valence-corrected chi connectivity index (χ1v) is 14.3. The molecule has 0 saturated carbocycles. The van der Waals surface area contributed by atoms with Crippen LogP contribution >= 0.6 is 7.75 Å². The lowest BCUT2D eigenvalue weighted by Gasteiger charge is -2.28. The van der Waals surface area contributed by atoms with Crippen LogP contribution in [-0.4, -0.2) is 74.0 Å². The molecule has 1 saturated heterocycles. The monoisotopic (exact) mass is 598 g/mol. The molecule has 3 heterocycles. The van der Waals surface area contributed by atoms with Crippen LogP contribution in [0, 0.1) is 6.92 Å². The minimum Gasteiger partial charge on any atom is -0.462 e. The number of hydrogen-bond donors (Lipinski definition) is 3. The maximum absolute atomic E-state index is 16.2. The zero-order valence-electron chi connectivity index (χ0n) is 23.4. The Balaban J connectivity index is 1.61. The molecule has 0 radical (unpaired) electrons. The lowest BCUT2D eigenvalue weighted by molar-refractivity contribution is -0.202. The van der Waals surface area contributed by atoms with Crippen molar-refractivity contribution in [2.45, 2.75) is 70.6 Å². The fourth-order valence-corrected chi connectivity index (χ4v) is 5.75. The van der Waals surface area contributed by atoms with Crippen LogP contribution < -0.4 is 14.9 Å². The summed E-state index contributed by atoms with van der Waals surface area (Å²) in [7, 11) is -2.93. The van der Waals surface area contributed by atoms with Crippen molar-refractivity contribution in [3.8, 4) is 5.75 Å². The zero-order valence-corrected chi connectivity index (χ0v) is 24.3. The van der Waals surface area contributed by atoms with Gasteiger partial charge in [0.25, 0.3) is 5.85 Å². The van der Waals surface area contributed by atoms with Crippen molar-refractivity contribution in [3.05, 3.63) is 42.5 Å². The van der Waals surface area contributed by atoms with E-state index in [9.17, 15) is 14.5 Å². The van der Waals surface area contributed by atoms with Crippen LogP contribution in [0.2, 0.25) is 0 Å². The number of anilines is 1. The van der Waals surface area contributed by atoms with Gasteiger partial charge >= 0.3 is 13.7 Å². The van der Waals surface area contributed by atoms with Crippen LogP contribution in [-0.2, 0) is 23.4 Å². The molecule has 224 valence electrons. The quantitative estimate of drug-likeness (QED) is 0.218. The Morgan fingerprint density at radius 1 is 1.24 bits per heavy atom. The average Bonchev–Trinajstić information content (AvgIpc) is 3.39. The highest BCUT2D eigenvalue weighted by molar-refractivity contribution is 7.52. The van der Waals surface area contributed by atoms with Crippen molar-refractivity contribution in [1.29, 1.82) is 0 Å². The summed E-state index contributed by atoms with van der Waals surface area (Å²) in [5.74, 6) is -3.23. The highest BCUT2D eigenvalue weighted by atomic mass is 31.2. The van der Waals surface area contributed by atoms with Crippen LogP contribution in [0.1, 0.15) is 39.7 Å². The van der Waals surface area contributed by atoms with Crippen LogP contribution in [0.3, 0.4) is 0 Å². The summed E-state index contributed by atoms with van der Waals surface area (Å²) in [5, 5.41) is 16.0. The second-order valence-electron chi connectivity index (χ2n) is 10.0. The number of ether oxygens (including phenoxy) is 2. The number of halogens is 2. The lowest BCUT2D eigenvalue weighted by atomic mass is 9.97. The Kier molecular flexibility index (Phi) is 8.67. The smallest absolute Gasteiger partial charge is 0.459 e. The molecule has 2 aromatic heterocycles. The highest BCUT2D eigenvalue weighted by Crippen LogP contribution is 2.52. The van der Waals surface area contributed by atoms with Gasteiger partial charge in [0.2, 0.25) is 0 Å². The number of aliphatic hydroxyl groups is 1. The summed E-state index contributed by atoms with van der Waals surface area (Å²) in [6.45, 7) is 5.93. The molecule has 0 amide bonds. The summed E-state index contributed by atoms with van der Waals surface area (Å²) >= 11 is 0. The van der Waals surface area contributed by atoms with E-state index >= 15 is 8.78 Å². The molecular weight excluding hydrogens is 565 g/mol. The first kappa shape index (κ1) is 30.7. The second kappa shape index (κ2) is 11.6. The van der Waals surface area contributed by atoms with E-state index in [0.29, 0.717) is 11.6 Å². The van der Waals surface area contributed by atoms with Crippen molar-refractivity contribution in [2.24, 2.45) is 0 Å². The fraction of sp³-hybridized carbons (Fsp3) is 0.520. The molecule has 3 N–H and O–H groups in total. The van der Waals surface area contributed by atoms with Gasteiger partial charge in [0.1, 0.15) is 24.2 Å². The molecular formula is C25H33F2N6O7P. The number of rotatable bonds is 11. The minimum atomic E-state index is -4.55. The third-order valence-corrected chi connectivity index (χ3v) is 7.84. The van der Waals surface area contributed by atoms with E-state index in [2.05, 4.69) is 25.4 Å². The number of esters is 1. The number of nitrogens with zero attached hydrogens (tertiary/aromatic N) is 4. The van der Waals surface area contributed by atoms with Crippen LogP contribution in [0.5, 0.6) is 5.75 Å². The molecule has 6 atom stereocenters. The molecule has 0 unspecified atom stereocenters. The minimum absolute atomic E-state index is 0.0713. The molecule has 0 aliphatic carbocycles. The van der Waals surface area contributed by atoms with Gasteiger partial charge in [0.15, 0.2) is 35.0 Å². The number of carbonyl (C=O) groups is 1. The van der Waals surface area contributed by atoms with Gasteiger partial charge in [0.05, 0.1) is 12.4 Å². The molecule has 1 aromatic carbocycles. The molecule has 4 rings (SSSR count). The highest BCUT2D eigenvalue weighted by Gasteiger charge is 2.65. The summed E-state index contributed by atoms with van der Waals surface area (Å²) < 4.78 is 68.4. The molecule has 1 fully saturated rings. The summed E-state index contributed by atoms with van der Waals surface area (Å²) in [5.41, 5.74) is -2.33. The zero-order chi connectivity index (χ0) is 30.2. The Morgan fingerprint density at radius 3 is 2.56 bits per heavy atom. The Bertz CT molecular complexity index is 1440. The number of aromatic nitrogens is 4. The van der Waals surface area contributed by atoms with Gasteiger partial charge in [-0.25, -0.2) is 28.3 Å². The number of imidazole rings is 1. The lowest BCUT2D eigenvalue weighted by Crippen LogP contribution is -2.47. The first-order chi connectivity index (χ1) is 19.2. The molecule has 13 nitrogen and oxygen atoms in total. The first-order valence-electron chi connectivity index (χ1n) is 12.8. The van der Waals surface area contributed by atoms with Gasteiger partial charge in [-0.15, -0.1) is 0 Å². The Morgan fingerprint density at radius 2 is 1.93 bits per heavy atom. The number of aliphatic hydroxyl groups excluding tert-OH is 1. The number of hydrogen-bond acceptors (Lipinski definition) is 11. The topological polar surface area (TPSA) is 159 Å².